The maximum absolute atomic E-state index is 13.6. The highest BCUT2D eigenvalue weighted by Gasteiger charge is 2.30. The van der Waals surface area contributed by atoms with Crippen molar-refractivity contribution in [3.05, 3.63) is 45.3 Å². The molecular weight excluding hydrogens is 367 g/mol. The molecule has 1 aliphatic rings. The molecular formula is C16H16ClFN4O2S. The van der Waals surface area contributed by atoms with Gasteiger partial charge in [-0.05, 0) is 24.6 Å². The summed E-state index contributed by atoms with van der Waals surface area (Å²) in [5, 5.41) is 15.0. The molecule has 1 aliphatic heterocycles. The Kier molecular flexibility index (Phi) is 4.36. The van der Waals surface area contributed by atoms with E-state index >= 15 is 0 Å². The van der Waals surface area contributed by atoms with Gasteiger partial charge in [-0.1, -0.05) is 29.0 Å². The normalized spacial score (nSPS) is 17.2. The van der Waals surface area contributed by atoms with E-state index < -0.39 is 5.82 Å². The van der Waals surface area contributed by atoms with Crippen LogP contribution in [0.2, 0.25) is 5.02 Å². The van der Waals surface area contributed by atoms with Crippen molar-refractivity contribution in [1.82, 2.24) is 19.5 Å². The van der Waals surface area contributed by atoms with Crippen molar-refractivity contribution in [1.29, 1.82) is 0 Å². The quantitative estimate of drug-likeness (QED) is 0.754. The number of aromatic hydroxyl groups is 1. The van der Waals surface area contributed by atoms with Gasteiger partial charge in [-0.2, -0.15) is 4.52 Å². The van der Waals surface area contributed by atoms with Gasteiger partial charge >= 0.3 is 0 Å². The number of hydrogen-bond donors (Lipinski definition) is 1. The fourth-order valence-electron chi connectivity index (χ4n) is 3.07. The number of aryl methyl sites for hydroxylation is 1. The number of nitrogens with zero attached hydrogens (tertiary/aromatic N) is 4. The van der Waals surface area contributed by atoms with Crippen LogP contribution in [0.3, 0.4) is 0 Å². The molecule has 0 saturated carbocycles. The lowest BCUT2D eigenvalue weighted by molar-refractivity contribution is 0.0241. The lowest BCUT2D eigenvalue weighted by atomic mass is 10.0. The molecule has 132 valence electrons. The van der Waals surface area contributed by atoms with Crippen molar-refractivity contribution < 1.29 is 14.2 Å². The van der Waals surface area contributed by atoms with Crippen LogP contribution in [-0.4, -0.2) is 50.9 Å². The molecule has 1 aromatic carbocycles. The summed E-state index contributed by atoms with van der Waals surface area (Å²) in [6, 6.07) is 4.39. The molecule has 9 heteroatoms. The summed E-state index contributed by atoms with van der Waals surface area (Å²) in [4.78, 5) is 7.84. The number of fused-ring (bicyclic) bond motifs is 1. The minimum atomic E-state index is -0.464. The van der Waals surface area contributed by atoms with Gasteiger partial charge in [0, 0.05) is 13.1 Å². The average molecular weight is 383 g/mol. The van der Waals surface area contributed by atoms with Gasteiger partial charge in [0.25, 0.3) is 0 Å². The fraction of sp³-hybridized carbons (Fsp3) is 0.375. The van der Waals surface area contributed by atoms with Crippen LogP contribution in [0.15, 0.2) is 18.2 Å². The van der Waals surface area contributed by atoms with Crippen LogP contribution in [-0.2, 0) is 4.74 Å². The van der Waals surface area contributed by atoms with E-state index in [2.05, 4.69) is 15.0 Å². The van der Waals surface area contributed by atoms with E-state index in [-0.39, 0.29) is 16.9 Å². The Morgan fingerprint density at radius 1 is 1.36 bits per heavy atom. The van der Waals surface area contributed by atoms with E-state index in [9.17, 15) is 9.50 Å². The summed E-state index contributed by atoms with van der Waals surface area (Å²) in [6.45, 7) is 4.38. The molecule has 6 nitrogen and oxygen atoms in total. The number of rotatable bonds is 3. The topological polar surface area (TPSA) is 62.9 Å². The third-order valence-corrected chi connectivity index (χ3v) is 5.59. The number of morpholine rings is 1. The molecule has 3 aromatic rings. The van der Waals surface area contributed by atoms with Crippen LogP contribution in [0, 0.1) is 12.7 Å². The first-order valence-electron chi connectivity index (χ1n) is 7.86. The molecule has 1 unspecified atom stereocenters. The fourth-order valence-corrected chi connectivity index (χ4v) is 4.42. The Morgan fingerprint density at radius 3 is 2.80 bits per heavy atom. The maximum Gasteiger partial charge on any atom is 0.230 e. The molecule has 4 rings (SSSR count). The zero-order chi connectivity index (χ0) is 17.6. The zero-order valence-electron chi connectivity index (χ0n) is 13.4. The lowest BCUT2D eigenvalue weighted by Crippen LogP contribution is -2.39. The lowest BCUT2D eigenvalue weighted by Gasteiger charge is -2.34. The number of ether oxygens (including phenoxy) is 1. The summed E-state index contributed by atoms with van der Waals surface area (Å²) >= 11 is 7.37. The van der Waals surface area contributed by atoms with E-state index in [1.807, 2.05) is 0 Å². The number of benzene rings is 1. The Hall–Kier alpha value is -1.74. The minimum absolute atomic E-state index is 0.0533. The molecule has 1 N–H and O–H groups in total. The molecule has 1 atom stereocenters. The predicted molar refractivity (Wildman–Crippen MR) is 92.9 cm³/mol. The van der Waals surface area contributed by atoms with Crippen molar-refractivity contribution in [3.8, 4) is 5.88 Å². The number of halogens is 2. The minimum Gasteiger partial charge on any atom is -0.492 e. The molecule has 0 radical (unpaired) electrons. The Morgan fingerprint density at radius 2 is 2.12 bits per heavy atom. The summed E-state index contributed by atoms with van der Waals surface area (Å²) in [7, 11) is 0. The van der Waals surface area contributed by atoms with E-state index in [4.69, 9.17) is 16.3 Å². The van der Waals surface area contributed by atoms with E-state index in [0.29, 0.717) is 42.0 Å². The smallest absolute Gasteiger partial charge is 0.230 e. The summed E-state index contributed by atoms with van der Waals surface area (Å²) in [5.74, 6) is 0.187. The van der Waals surface area contributed by atoms with Crippen molar-refractivity contribution >= 4 is 27.9 Å². The van der Waals surface area contributed by atoms with Crippen molar-refractivity contribution in [3.63, 3.8) is 0 Å². The number of thiazole rings is 1. The SMILES string of the molecule is Cc1nc2sc(C(c3ccc(F)c(Cl)c3)N3CCOCC3)c(O)n2n1. The zero-order valence-corrected chi connectivity index (χ0v) is 15.0. The van der Waals surface area contributed by atoms with E-state index in [0.717, 1.165) is 5.56 Å². The second-order valence-corrected chi connectivity index (χ2v) is 7.28. The first kappa shape index (κ1) is 16.7. The average Bonchev–Trinajstić information content (AvgIpc) is 3.10. The van der Waals surface area contributed by atoms with Crippen molar-refractivity contribution in [2.75, 3.05) is 26.3 Å². The number of aromatic nitrogens is 3. The molecule has 0 bridgehead atoms. The second kappa shape index (κ2) is 6.53. The van der Waals surface area contributed by atoms with Crippen molar-refractivity contribution in [2.45, 2.75) is 13.0 Å². The van der Waals surface area contributed by atoms with Crippen LogP contribution in [0.4, 0.5) is 4.39 Å². The molecule has 3 heterocycles. The molecule has 1 saturated heterocycles. The van der Waals surface area contributed by atoms with Crippen LogP contribution >= 0.6 is 22.9 Å². The number of hydrogen-bond acceptors (Lipinski definition) is 6. The van der Waals surface area contributed by atoms with Gasteiger partial charge in [-0.25, -0.2) is 9.37 Å². The third-order valence-electron chi connectivity index (χ3n) is 4.22. The molecule has 2 aromatic heterocycles. The third kappa shape index (κ3) is 2.99. The van der Waals surface area contributed by atoms with Gasteiger partial charge in [0.05, 0.1) is 29.2 Å². The standard InChI is InChI=1S/C16H16ClFN4O2S/c1-9-19-16-22(20-9)15(23)14(25-16)13(21-4-6-24-7-5-21)10-2-3-12(18)11(17)8-10/h2-3,8,13,23H,4-7H2,1H3. The Labute approximate surface area is 152 Å². The van der Waals surface area contributed by atoms with Gasteiger partial charge in [-0.15, -0.1) is 5.10 Å². The maximum atomic E-state index is 13.6. The highest BCUT2D eigenvalue weighted by Crippen LogP contribution is 2.40. The van der Waals surface area contributed by atoms with Gasteiger partial charge in [0.15, 0.2) is 0 Å². The van der Waals surface area contributed by atoms with Crippen molar-refractivity contribution in [2.24, 2.45) is 0 Å². The highest BCUT2D eigenvalue weighted by atomic mass is 35.5. The molecule has 0 aliphatic carbocycles. The summed E-state index contributed by atoms with van der Waals surface area (Å²) in [6.07, 6.45) is 0. The van der Waals surface area contributed by atoms with Gasteiger partial charge in [0.2, 0.25) is 10.8 Å². The van der Waals surface area contributed by atoms with Crippen LogP contribution < -0.4 is 0 Å². The first-order valence-corrected chi connectivity index (χ1v) is 9.06. The Balaban J connectivity index is 1.84. The summed E-state index contributed by atoms with van der Waals surface area (Å²) in [5.41, 5.74) is 0.810. The Bertz CT molecular complexity index is 922. The molecule has 1 fully saturated rings. The molecule has 0 spiro atoms. The molecule has 0 amide bonds. The van der Waals surface area contributed by atoms with Crippen LogP contribution in [0.25, 0.3) is 4.96 Å². The highest BCUT2D eigenvalue weighted by molar-refractivity contribution is 7.17. The van der Waals surface area contributed by atoms with Crippen LogP contribution in [0.1, 0.15) is 22.3 Å². The monoisotopic (exact) mass is 382 g/mol. The van der Waals surface area contributed by atoms with E-state index in [1.54, 1.807) is 19.1 Å². The van der Waals surface area contributed by atoms with E-state index in [1.165, 1.54) is 21.9 Å². The first-order chi connectivity index (χ1) is 12.0. The van der Waals surface area contributed by atoms with Gasteiger partial charge in [0.1, 0.15) is 11.6 Å². The second-order valence-electron chi connectivity index (χ2n) is 5.87. The van der Waals surface area contributed by atoms with Crippen LogP contribution in [0.5, 0.6) is 5.88 Å². The van der Waals surface area contributed by atoms with Gasteiger partial charge < -0.3 is 9.84 Å². The largest absolute Gasteiger partial charge is 0.492 e. The summed E-state index contributed by atoms with van der Waals surface area (Å²) < 4.78 is 20.5. The molecule has 25 heavy (non-hydrogen) atoms. The van der Waals surface area contributed by atoms with Gasteiger partial charge in [-0.3, -0.25) is 4.90 Å². The predicted octanol–water partition coefficient (Wildman–Crippen LogP) is 3.02.